The van der Waals surface area contributed by atoms with Gasteiger partial charge in [0.25, 0.3) is 0 Å². The fourth-order valence-electron chi connectivity index (χ4n) is 3.89. The Morgan fingerprint density at radius 3 is 2.66 bits per heavy atom. The van der Waals surface area contributed by atoms with Gasteiger partial charge >= 0.3 is 0 Å². The topological polar surface area (TPSA) is 107 Å². The predicted molar refractivity (Wildman–Crippen MR) is 120 cm³/mol. The van der Waals surface area contributed by atoms with Crippen molar-refractivity contribution in [3.63, 3.8) is 0 Å². The van der Waals surface area contributed by atoms with Crippen molar-refractivity contribution >= 4 is 11.8 Å². The Morgan fingerprint density at radius 1 is 1.19 bits per heavy atom. The van der Waals surface area contributed by atoms with E-state index in [4.69, 9.17) is 0 Å². The van der Waals surface area contributed by atoms with Crippen LogP contribution in [0, 0.1) is 17.1 Å². The molecule has 1 aliphatic rings. The van der Waals surface area contributed by atoms with Gasteiger partial charge in [-0.25, -0.2) is 9.37 Å². The van der Waals surface area contributed by atoms with E-state index in [0.29, 0.717) is 36.7 Å². The third-order valence-corrected chi connectivity index (χ3v) is 5.81. The minimum atomic E-state index is -0.624. The Kier molecular flexibility index (Phi) is 6.28. The summed E-state index contributed by atoms with van der Waals surface area (Å²) in [5, 5.41) is 26.2. The summed E-state index contributed by atoms with van der Waals surface area (Å²) < 4.78 is 13.3. The zero-order valence-electron chi connectivity index (χ0n) is 17.8. The number of nitrogens with one attached hydrogen (secondary N) is 2. The Morgan fingerprint density at radius 2 is 1.94 bits per heavy atom. The summed E-state index contributed by atoms with van der Waals surface area (Å²) in [6, 6.07) is 10.5. The van der Waals surface area contributed by atoms with Gasteiger partial charge < -0.3 is 15.7 Å². The first-order chi connectivity index (χ1) is 15.4. The Balaban J connectivity index is 1.48. The van der Waals surface area contributed by atoms with E-state index in [0.717, 1.165) is 29.5 Å². The van der Waals surface area contributed by atoms with Crippen LogP contribution < -0.4 is 10.6 Å². The Hall–Kier alpha value is -3.57. The van der Waals surface area contributed by atoms with E-state index >= 15 is 0 Å². The van der Waals surface area contributed by atoms with Crippen LogP contribution in [0.4, 0.5) is 16.2 Å². The van der Waals surface area contributed by atoms with Gasteiger partial charge in [0, 0.05) is 25.0 Å². The molecule has 164 valence electrons. The maximum absolute atomic E-state index is 13.3. The van der Waals surface area contributed by atoms with Crippen molar-refractivity contribution in [3.8, 4) is 17.2 Å². The fourth-order valence-corrected chi connectivity index (χ4v) is 3.89. The lowest BCUT2D eigenvalue weighted by Crippen LogP contribution is -2.36. The van der Waals surface area contributed by atoms with E-state index in [1.165, 1.54) is 18.3 Å². The highest BCUT2D eigenvalue weighted by Gasteiger charge is 2.29. The molecule has 0 atom stereocenters. The minimum Gasteiger partial charge on any atom is -0.390 e. The van der Waals surface area contributed by atoms with E-state index in [2.05, 4.69) is 31.7 Å². The molecule has 2 heterocycles. The highest BCUT2D eigenvalue weighted by atomic mass is 19.1. The van der Waals surface area contributed by atoms with Crippen molar-refractivity contribution in [2.45, 2.75) is 50.8 Å². The summed E-state index contributed by atoms with van der Waals surface area (Å²) in [7, 11) is 0. The second-order valence-electron chi connectivity index (χ2n) is 8.38. The largest absolute Gasteiger partial charge is 0.390 e. The first-order valence-electron chi connectivity index (χ1n) is 10.6. The number of aliphatic hydroxyl groups is 1. The lowest BCUT2D eigenvalue weighted by molar-refractivity contribution is 0.0196. The highest BCUT2D eigenvalue weighted by Crippen LogP contribution is 2.30. The predicted octanol–water partition coefficient (Wildman–Crippen LogP) is 4.27. The third-order valence-electron chi connectivity index (χ3n) is 5.81. The molecule has 0 bridgehead atoms. The maximum Gasteiger partial charge on any atom is 0.224 e. The molecule has 1 fully saturated rings. The van der Waals surface area contributed by atoms with Crippen LogP contribution in [0.15, 0.2) is 48.9 Å². The average Bonchev–Trinajstić information content (AvgIpc) is 2.80. The van der Waals surface area contributed by atoms with Crippen molar-refractivity contribution in [3.05, 3.63) is 65.9 Å². The van der Waals surface area contributed by atoms with Gasteiger partial charge in [-0.3, -0.25) is 4.98 Å². The SMILES string of the molecule is C[C@]1(O)CC[C@@H](Nc2nc(NCc3cnccc3-c3ccc(F)cc3)ncc2C#N)CC1. The van der Waals surface area contributed by atoms with Crippen LogP contribution in [-0.2, 0) is 6.54 Å². The van der Waals surface area contributed by atoms with Gasteiger partial charge in [0.2, 0.25) is 5.95 Å². The zero-order chi connectivity index (χ0) is 22.6. The third kappa shape index (κ3) is 5.18. The van der Waals surface area contributed by atoms with Crippen molar-refractivity contribution in [2.24, 2.45) is 0 Å². The summed E-state index contributed by atoms with van der Waals surface area (Å²) in [5.41, 5.74) is 2.49. The number of pyridine rings is 1. The molecule has 7 nitrogen and oxygen atoms in total. The normalized spacial score (nSPS) is 20.4. The molecular formula is C24H25FN6O. The van der Waals surface area contributed by atoms with Crippen LogP contribution in [0.2, 0.25) is 0 Å². The van der Waals surface area contributed by atoms with Crippen LogP contribution in [0.5, 0.6) is 0 Å². The van der Waals surface area contributed by atoms with Crippen LogP contribution in [0.1, 0.15) is 43.7 Å². The van der Waals surface area contributed by atoms with Gasteiger partial charge in [-0.1, -0.05) is 12.1 Å². The molecule has 1 aromatic carbocycles. The van der Waals surface area contributed by atoms with Gasteiger partial charge in [-0.05, 0) is 67.5 Å². The van der Waals surface area contributed by atoms with E-state index in [1.54, 1.807) is 24.5 Å². The maximum atomic E-state index is 13.3. The lowest BCUT2D eigenvalue weighted by atomic mass is 9.83. The van der Waals surface area contributed by atoms with Gasteiger partial charge in [-0.2, -0.15) is 10.2 Å². The van der Waals surface area contributed by atoms with E-state index in [-0.39, 0.29) is 11.9 Å². The van der Waals surface area contributed by atoms with Gasteiger partial charge in [0.15, 0.2) is 0 Å². The molecule has 2 aromatic heterocycles. The van der Waals surface area contributed by atoms with Crippen LogP contribution >= 0.6 is 0 Å². The summed E-state index contributed by atoms with van der Waals surface area (Å²) >= 11 is 0. The standard InChI is InChI=1S/C24H25FN6O/c1-24(32)9-6-20(7-10-24)30-22-17(12-26)14-28-23(31-22)29-15-18-13-27-11-8-21(18)16-2-4-19(25)5-3-16/h2-5,8,11,13-14,20,32H,6-7,9-10,15H2,1H3,(H2,28,29,30,31)/t20-,24+. The quantitative estimate of drug-likeness (QED) is 0.534. The summed E-state index contributed by atoms with van der Waals surface area (Å²) in [5.74, 6) is 0.597. The second kappa shape index (κ2) is 9.28. The number of aromatic nitrogens is 3. The molecule has 1 aliphatic carbocycles. The summed E-state index contributed by atoms with van der Waals surface area (Å²) in [6.07, 6.45) is 7.97. The van der Waals surface area contributed by atoms with Crippen molar-refractivity contribution in [1.82, 2.24) is 15.0 Å². The second-order valence-corrected chi connectivity index (χ2v) is 8.38. The van der Waals surface area contributed by atoms with E-state index < -0.39 is 5.60 Å². The van der Waals surface area contributed by atoms with Crippen molar-refractivity contribution in [1.29, 1.82) is 5.26 Å². The van der Waals surface area contributed by atoms with Crippen LogP contribution in [0.25, 0.3) is 11.1 Å². The molecule has 0 radical (unpaired) electrons. The highest BCUT2D eigenvalue weighted by molar-refractivity contribution is 5.67. The number of nitrogens with zero attached hydrogens (tertiary/aromatic N) is 4. The molecule has 0 amide bonds. The fraction of sp³-hybridized carbons (Fsp3) is 0.333. The molecule has 0 unspecified atom stereocenters. The Labute approximate surface area is 186 Å². The first-order valence-corrected chi connectivity index (χ1v) is 10.6. The first kappa shape index (κ1) is 21.7. The van der Waals surface area contributed by atoms with Gasteiger partial charge in [0.05, 0.1) is 11.8 Å². The molecule has 0 aliphatic heterocycles. The smallest absolute Gasteiger partial charge is 0.224 e. The molecule has 1 saturated carbocycles. The minimum absolute atomic E-state index is 0.147. The van der Waals surface area contributed by atoms with Gasteiger partial charge in [0.1, 0.15) is 23.3 Å². The number of hydrogen-bond acceptors (Lipinski definition) is 7. The van der Waals surface area contributed by atoms with Crippen molar-refractivity contribution in [2.75, 3.05) is 10.6 Å². The number of hydrogen-bond donors (Lipinski definition) is 3. The number of benzene rings is 1. The molecule has 32 heavy (non-hydrogen) atoms. The number of halogens is 1. The number of rotatable bonds is 6. The average molecular weight is 433 g/mol. The zero-order valence-corrected chi connectivity index (χ0v) is 17.8. The Bertz CT molecular complexity index is 1120. The van der Waals surface area contributed by atoms with Crippen LogP contribution in [0.3, 0.4) is 0 Å². The van der Waals surface area contributed by atoms with E-state index in [9.17, 15) is 14.8 Å². The molecule has 4 rings (SSSR count). The summed E-state index contributed by atoms with van der Waals surface area (Å²) in [4.78, 5) is 13.0. The number of anilines is 2. The molecule has 0 saturated heterocycles. The molecule has 8 heteroatoms. The van der Waals surface area contributed by atoms with Crippen molar-refractivity contribution < 1.29 is 9.50 Å². The van der Waals surface area contributed by atoms with Gasteiger partial charge in [-0.15, -0.1) is 0 Å². The lowest BCUT2D eigenvalue weighted by Gasteiger charge is -2.33. The molecule has 3 aromatic rings. The monoisotopic (exact) mass is 432 g/mol. The molecular weight excluding hydrogens is 407 g/mol. The molecule has 3 N–H and O–H groups in total. The number of nitriles is 1. The van der Waals surface area contributed by atoms with Crippen LogP contribution in [-0.4, -0.2) is 31.7 Å². The van der Waals surface area contributed by atoms with E-state index in [1.807, 2.05) is 13.0 Å². The summed E-state index contributed by atoms with van der Waals surface area (Å²) in [6.45, 7) is 2.27. The molecule has 0 spiro atoms.